The van der Waals surface area contributed by atoms with Crippen LogP contribution in [0.25, 0.3) is 6.08 Å². The quantitative estimate of drug-likeness (QED) is 0.0676. The molecule has 0 bridgehead atoms. The number of hydrogen-bond donors (Lipinski definition) is 5. The fraction of sp³-hybridized carbons (Fsp3) is 0.741. The van der Waals surface area contributed by atoms with E-state index < -0.39 is 114 Å². The standard InChI is InChI=1S/C54H76O15/c1-28-11-13-32(14-12-28)15-18-39(59)67-43-30(3)65-47(45(44(43)66-31(4)56)68-46-42(62)41(61)40(60)29(2)64-46)69-48(63)54-24-23-49(5,6)25-34(54)33-16-17-36-50(7)21-20-37(57)51(8,27-55)35(50)19-22-52(36,9)53(33,10)26-38(54)58/h11-18,27,29-30,33-38,40-47,57-58,60-62H,19-26H2,1-10H3/b18-15+/t29?,30?,33?,34-,35+,36+,37-,38+,40?,41?,42?,43?,44?,45-,46?,47?,50-,51-,52+,53+,54+/m0/s1. The summed E-state index contributed by atoms with van der Waals surface area (Å²) >= 11 is 0. The minimum atomic E-state index is -1.82. The molecule has 15 nitrogen and oxygen atoms in total. The number of aliphatic hydroxyl groups excluding tert-OH is 5. The van der Waals surface area contributed by atoms with Gasteiger partial charge in [0.25, 0.3) is 0 Å². The largest absolute Gasteiger partial charge is 0.455 e. The summed E-state index contributed by atoms with van der Waals surface area (Å²) in [4.78, 5) is 54.8. The Kier molecular flexibility index (Phi) is 13.9. The van der Waals surface area contributed by atoms with Crippen LogP contribution < -0.4 is 0 Å². The summed E-state index contributed by atoms with van der Waals surface area (Å²) in [6, 6.07) is 7.45. The maximum absolute atomic E-state index is 15.6. The SMILES string of the molecule is CC(=O)OC1C(OC(=O)/C=C/c2ccc(C)cc2)C(C)OC(OC(=O)[C@]23CCC(C)(C)C[C@H]2C2C=C[C@@H]4[C@@]5(C)CC[C@H](O)[C@@](C)(C=O)[C@@H]5CC[C@@]4(C)[C@]2(C)C[C@H]3O)[C@H]1OC1OC(C)C(O)C(O)C1O. The van der Waals surface area contributed by atoms with Crippen molar-refractivity contribution in [3.8, 4) is 0 Å². The number of fused-ring (bicyclic) bond motifs is 7. The summed E-state index contributed by atoms with van der Waals surface area (Å²) in [6.07, 6.45) is -4.04. The number of aryl methyl sites for hydroxylation is 1. The average molecular weight is 965 g/mol. The van der Waals surface area contributed by atoms with E-state index in [0.29, 0.717) is 25.7 Å². The van der Waals surface area contributed by atoms with Gasteiger partial charge in [0.2, 0.25) is 6.29 Å². The van der Waals surface area contributed by atoms with Crippen LogP contribution in [-0.4, -0.2) is 123 Å². The maximum atomic E-state index is 15.6. The molecule has 69 heavy (non-hydrogen) atoms. The number of hydrogen-bond acceptors (Lipinski definition) is 15. The van der Waals surface area contributed by atoms with Crippen LogP contribution >= 0.6 is 0 Å². The average Bonchev–Trinajstić information content (AvgIpc) is 3.28. The summed E-state index contributed by atoms with van der Waals surface area (Å²) in [5, 5.41) is 56.6. The van der Waals surface area contributed by atoms with Gasteiger partial charge in [-0.3, -0.25) is 9.59 Å². The van der Waals surface area contributed by atoms with Gasteiger partial charge in [-0.2, -0.15) is 0 Å². The summed E-state index contributed by atoms with van der Waals surface area (Å²) in [6.45, 7) is 19.2. The van der Waals surface area contributed by atoms with Gasteiger partial charge < -0.3 is 58.7 Å². The Balaban J connectivity index is 1.14. The molecule has 2 saturated heterocycles. The van der Waals surface area contributed by atoms with Gasteiger partial charge in [0.15, 0.2) is 24.6 Å². The van der Waals surface area contributed by atoms with Crippen molar-refractivity contribution in [2.24, 2.45) is 56.2 Å². The topological polar surface area (TPSA) is 225 Å². The lowest BCUT2D eigenvalue weighted by Gasteiger charge is -2.72. The van der Waals surface area contributed by atoms with Crippen LogP contribution in [0.3, 0.4) is 0 Å². The summed E-state index contributed by atoms with van der Waals surface area (Å²) in [5.41, 5.74) is -1.92. The number of esters is 3. The van der Waals surface area contributed by atoms with E-state index in [0.717, 1.165) is 43.6 Å². The van der Waals surface area contributed by atoms with Crippen LogP contribution in [-0.2, 0) is 47.6 Å². The number of aldehydes is 1. The molecule has 0 amide bonds. The second-order valence-corrected chi connectivity index (χ2v) is 23.7. The van der Waals surface area contributed by atoms with Crippen LogP contribution in [0, 0.1) is 63.1 Å². The third kappa shape index (κ3) is 8.55. The molecule has 8 rings (SSSR count). The molecule has 15 heteroatoms. The number of benzene rings is 1. The highest BCUT2D eigenvalue weighted by Gasteiger charge is 2.73. The maximum Gasteiger partial charge on any atom is 0.331 e. The van der Waals surface area contributed by atoms with Gasteiger partial charge in [0.05, 0.1) is 35.2 Å². The van der Waals surface area contributed by atoms with Crippen molar-refractivity contribution in [2.75, 3.05) is 0 Å². The van der Waals surface area contributed by atoms with E-state index in [2.05, 4.69) is 46.8 Å². The summed E-state index contributed by atoms with van der Waals surface area (Å²) in [5.74, 6) is -2.93. The molecule has 2 aliphatic heterocycles. The number of allylic oxidation sites excluding steroid dienone is 2. The van der Waals surface area contributed by atoms with Crippen molar-refractivity contribution in [1.82, 2.24) is 0 Å². The minimum absolute atomic E-state index is 0.0353. The van der Waals surface area contributed by atoms with Gasteiger partial charge in [0.1, 0.15) is 24.6 Å². The third-order valence-electron chi connectivity index (χ3n) is 19.1. The first kappa shape index (κ1) is 51.8. The van der Waals surface area contributed by atoms with Gasteiger partial charge in [-0.1, -0.05) is 83.5 Å². The number of rotatable bonds is 9. The van der Waals surface area contributed by atoms with Crippen molar-refractivity contribution in [3.05, 3.63) is 53.6 Å². The van der Waals surface area contributed by atoms with Gasteiger partial charge in [-0.15, -0.1) is 0 Å². The lowest BCUT2D eigenvalue weighted by Crippen LogP contribution is -2.70. The Morgan fingerprint density at radius 3 is 2.06 bits per heavy atom. The Labute approximate surface area is 406 Å². The Morgan fingerprint density at radius 1 is 0.710 bits per heavy atom. The first-order valence-corrected chi connectivity index (χ1v) is 25.1. The number of carbonyl (C=O) groups is 4. The molecule has 5 aliphatic carbocycles. The second-order valence-electron chi connectivity index (χ2n) is 23.7. The highest BCUT2D eigenvalue weighted by Crippen LogP contribution is 2.75. The Morgan fingerprint density at radius 2 is 1.39 bits per heavy atom. The van der Waals surface area contributed by atoms with Crippen molar-refractivity contribution in [2.45, 2.75) is 194 Å². The Bertz CT molecular complexity index is 2170. The molecular weight excluding hydrogens is 889 g/mol. The predicted molar refractivity (Wildman–Crippen MR) is 250 cm³/mol. The highest BCUT2D eigenvalue weighted by molar-refractivity contribution is 5.87. The number of carbonyl (C=O) groups excluding carboxylic acids is 4. The molecule has 21 atom stereocenters. The van der Waals surface area contributed by atoms with Gasteiger partial charge >= 0.3 is 17.9 Å². The van der Waals surface area contributed by atoms with E-state index in [1.54, 1.807) is 13.0 Å². The van der Waals surface area contributed by atoms with Crippen LogP contribution in [0.4, 0.5) is 0 Å². The molecule has 10 unspecified atom stereocenters. The molecule has 0 radical (unpaired) electrons. The molecule has 0 spiro atoms. The zero-order valence-electron chi connectivity index (χ0n) is 41.9. The zero-order valence-corrected chi connectivity index (χ0v) is 41.9. The molecule has 1 aromatic rings. The molecule has 4 saturated carbocycles. The minimum Gasteiger partial charge on any atom is -0.455 e. The zero-order chi connectivity index (χ0) is 50.4. The predicted octanol–water partition coefficient (Wildman–Crippen LogP) is 5.52. The number of aliphatic hydroxyl groups is 5. The van der Waals surface area contributed by atoms with Crippen LogP contribution in [0.2, 0.25) is 0 Å². The molecular formula is C54H76O15. The molecule has 1 aromatic carbocycles. The van der Waals surface area contributed by atoms with Crippen molar-refractivity contribution in [1.29, 1.82) is 0 Å². The van der Waals surface area contributed by atoms with Crippen molar-refractivity contribution in [3.63, 3.8) is 0 Å². The molecule has 382 valence electrons. The van der Waals surface area contributed by atoms with E-state index >= 15 is 4.79 Å². The van der Waals surface area contributed by atoms with Gasteiger partial charge in [-0.05, 0) is 129 Å². The lowest BCUT2D eigenvalue weighted by molar-refractivity contribution is -0.359. The molecule has 6 fully saturated rings. The van der Waals surface area contributed by atoms with Gasteiger partial charge in [-0.25, -0.2) is 4.79 Å². The van der Waals surface area contributed by atoms with E-state index in [1.807, 2.05) is 38.1 Å². The van der Waals surface area contributed by atoms with Gasteiger partial charge in [0, 0.05) is 13.0 Å². The molecule has 2 heterocycles. The normalized spacial score (nSPS) is 47.9. The second kappa shape index (κ2) is 18.5. The highest BCUT2D eigenvalue weighted by atomic mass is 16.8. The van der Waals surface area contributed by atoms with Crippen molar-refractivity contribution >= 4 is 30.3 Å². The van der Waals surface area contributed by atoms with Crippen molar-refractivity contribution < 1.29 is 73.1 Å². The lowest BCUT2D eigenvalue weighted by atomic mass is 9.32. The first-order valence-electron chi connectivity index (χ1n) is 25.1. The fourth-order valence-electron chi connectivity index (χ4n) is 14.9. The van der Waals surface area contributed by atoms with E-state index in [4.69, 9.17) is 28.4 Å². The Hall–Kier alpha value is -3.54. The fourth-order valence-corrected chi connectivity index (χ4v) is 14.9. The van der Waals surface area contributed by atoms with Crippen LogP contribution in [0.15, 0.2) is 42.5 Å². The smallest absolute Gasteiger partial charge is 0.331 e. The van der Waals surface area contributed by atoms with E-state index in [1.165, 1.54) is 13.0 Å². The summed E-state index contributed by atoms with van der Waals surface area (Å²) in [7, 11) is 0. The molecule has 7 aliphatic rings. The number of ether oxygens (including phenoxy) is 6. The van der Waals surface area contributed by atoms with E-state index in [-0.39, 0.29) is 40.4 Å². The monoisotopic (exact) mass is 965 g/mol. The van der Waals surface area contributed by atoms with Crippen LogP contribution in [0.1, 0.15) is 125 Å². The van der Waals surface area contributed by atoms with E-state index in [9.17, 15) is 39.9 Å². The third-order valence-corrected chi connectivity index (χ3v) is 19.1. The van der Waals surface area contributed by atoms with Crippen LogP contribution in [0.5, 0.6) is 0 Å². The molecule has 0 aromatic heterocycles. The first-order chi connectivity index (χ1) is 32.3. The molecule has 5 N–H and O–H groups in total. The summed E-state index contributed by atoms with van der Waals surface area (Å²) < 4.78 is 36.9.